The van der Waals surface area contributed by atoms with Crippen LogP contribution in [0.25, 0.3) is 5.57 Å². The molecule has 1 aliphatic carbocycles. The number of ether oxygens (including phenoxy) is 2. The van der Waals surface area contributed by atoms with Gasteiger partial charge < -0.3 is 19.8 Å². The van der Waals surface area contributed by atoms with Gasteiger partial charge in [-0.25, -0.2) is 0 Å². The van der Waals surface area contributed by atoms with E-state index < -0.39 is 5.91 Å². The van der Waals surface area contributed by atoms with Gasteiger partial charge in [-0.3, -0.25) is 4.79 Å². The first-order chi connectivity index (χ1) is 12.9. The lowest BCUT2D eigenvalue weighted by molar-refractivity contribution is 0.0999. The van der Waals surface area contributed by atoms with Crippen molar-refractivity contribution in [2.24, 2.45) is 11.7 Å². The van der Waals surface area contributed by atoms with Crippen molar-refractivity contribution in [3.05, 3.63) is 64.0 Å². The topological polar surface area (TPSA) is 66.5 Å². The number of allylic oxidation sites excluding steroid dienone is 4. The zero-order valence-corrected chi connectivity index (χ0v) is 16.0. The summed E-state index contributed by atoms with van der Waals surface area (Å²) in [7, 11) is 0. The minimum Gasteiger partial charge on any atom is -0.454 e. The smallest absolute Gasteiger partial charge is 0.250 e. The first-order valence-electron chi connectivity index (χ1n) is 8.89. The van der Waals surface area contributed by atoms with Crippen LogP contribution in [-0.4, -0.2) is 17.3 Å². The van der Waals surface area contributed by atoms with Gasteiger partial charge in [-0.2, -0.15) is 0 Å². The number of aromatic nitrogens is 1. The van der Waals surface area contributed by atoms with E-state index in [4.69, 9.17) is 26.8 Å². The van der Waals surface area contributed by atoms with Crippen LogP contribution in [0.4, 0.5) is 0 Å². The van der Waals surface area contributed by atoms with Crippen LogP contribution in [0.15, 0.2) is 41.4 Å². The van der Waals surface area contributed by atoms with Gasteiger partial charge in [0.2, 0.25) is 6.79 Å². The average molecular weight is 385 g/mol. The molecule has 2 aromatic rings. The standard InChI is InChI=1S/C21H21ClN2O3/c1-12-7-15(4-5-17(12)22)18-9-16(21(23)25)13(2)24(18)10-14-3-6-19-20(8-14)27-11-26-19/h3-6,8-9,12H,7,10-11H2,1-2H3,(H2,23,25). The summed E-state index contributed by atoms with van der Waals surface area (Å²) in [6, 6.07) is 7.78. The third-order valence-electron chi connectivity index (χ3n) is 5.18. The van der Waals surface area contributed by atoms with Crippen LogP contribution in [0.1, 0.15) is 40.7 Å². The third kappa shape index (κ3) is 3.23. The summed E-state index contributed by atoms with van der Waals surface area (Å²) in [4.78, 5) is 11.9. The second kappa shape index (κ2) is 6.82. The average Bonchev–Trinajstić information content (AvgIpc) is 3.22. The molecule has 0 saturated heterocycles. The molecule has 1 atom stereocenters. The molecule has 4 rings (SSSR count). The molecule has 1 aliphatic heterocycles. The first-order valence-corrected chi connectivity index (χ1v) is 9.27. The van der Waals surface area contributed by atoms with Crippen LogP contribution in [0.5, 0.6) is 11.5 Å². The number of primary amides is 1. The zero-order valence-electron chi connectivity index (χ0n) is 15.3. The normalized spacial score (nSPS) is 18.3. The number of benzene rings is 1. The fraction of sp³-hybridized carbons (Fsp3) is 0.286. The van der Waals surface area contributed by atoms with Crippen molar-refractivity contribution < 1.29 is 14.3 Å². The van der Waals surface area contributed by atoms with Gasteiger partial charge in [0.15, 0.2) is 11.5 Å². The Kier molecular flexibility index (Phi) is 4.48. The molecule has 0 spiro atoms. The molecule has 1 amide bonds. The van der Waals surface area contributed by atoms with Gasteiger partial charge in [0.1, 0.15) is 0 Å². The van der Waals surface area contributed by atoms with Gasteiger partial charge >= 0.3 is 0 Å². The van der Waals surface area contributed by atoms with E-state index in [2.05, 4.69) is 11.5 Å². The molecule has 1 unspecified atom stereocenters. The molecular weight excluding hydrogens is 364 g/mol. The monoisotopic (exact) mass is 384 g/mol. The van der Waals surface area contributed by atoms with Gasteiger partial charge in [0.05, 0.1) is 5.56 Å². The number of hydrogen-bond donors (Lipinski definition) is 1. The molecule has 2 aliphatic rings. The van der Waals surface area contributed by atoms with E-state index in [0.29, 0.717) is 12.1 Å². The predicted octanol–water partition coefficient (Wildman–Crippen LogP) is 4.22. The van der Waals surface area contributed by atoms with E-state index >= 15 is 0 Å². The van der Waals surface area contributed by atoms with E-state index in [1.165, 1.54) is 0 Å². The molecular formula is C21H21ClN2O3. The minimum atomic E-state index is -0.420. The Bertz CT molecular complexity index is 988. The summed E-state index contributed by atoms with van der Waals surface area (Å²) in [5.41, 5.74) is 10.2. The second-order valence-corrected chi connectivity index (χ2v) is 7.45. The highest BCUT2D eigenvalue weighted by molar-refractivity contribution is 6.30. The molecule has 2 heterocycles. The maximum Gasteiger partial charge on any atom is 0.250 e. The van der Waals surface area contributed by atoms with Crippen molar-refractivity contribution in [2.75, 3.05) is 6.79 Å². The third-order valence-corrected chi connectivity index (χ3v) is 5.68. The quantitative estimate of drug-likeness (QED) is 0.858. The van der Waals surface area contributed by atoms with Crippen molar-refractivity contribution >= 4 is 23.1 Å². The van der Waals surface area contributed by atoms with Crippen LogP contribution < -0.4 is 15.2 Å². The Hall–Kier alpha value is -2.66. The zero-order chi connectivity index (χ0) is 19.1. The van der Waals surface area contributed by atoms with E-state index in [1.54, 1.807) is 0 Å². The first kappa shape index (κ1) is 17.7. The number of nitrogens with zero attached hydrogens (tertiary/aromatic N) is 1. The number of fused-ring (bicyclic) bond motifs is 1. The Labute approximate surface area is 163 Å². The maximum atomic E-state index is 11.9. The SMILES string of the molecule is Cc1c(C(N)=O)cc(C2=CC=C(Cl)C(C)C2)n1Cc1ccc2c(c1)OCO2. The van der Waals surface area contributed by atoms with Crippen molar-refractivity contribution in [3.63, 3.8) is 0 Å². The molecule has 0 fully saturated rings. The molecule has 2 N–H and O–H groups in total. The number of carbonyl (C=O) groups is 1. The second-order valence-electron chi connectivity index (χ2n) is 7.02. The minimum absolute atomic E-state index is 0.246. The largest absolute Gasteiger partial charge is 0.454 e. The fourth-order valence-electron chi connectivity index (χ4n) is 3.62. The van der Waals surface area contributed by atoms with E-state index in [0.717, 1.165) is 45.5 Å². The van der Waals surface area contributed by atoms with Gasteiger partial charge in [-0.05, 0) is 54.7 Å². The van der Waals surface area contributed by atoms with Gasteiger partial charge in [0.25, 0.3) is 5.91 Å². The summed E-state index contributed by atoms with van der Waals surface area (Å²) < 4.78 is 13.0. The lowest BCUT2D eigenvalue weighted by Crippen LogP contribution is -2.13. The Balaban J connectivity index is 1.76. The molecule has 0 saturated carbocycles. The molecule has 6 heteroatoms. The Morgan fingerprint density at radius 1 is 1.26 bits per heavy atom. The number of amides is 1. The molecule has 27 heavy (non-hydrogen) atoms. The van der Waals surface area contributed by atoms with Crippen LogP contribution in [0.2, 0.25) is 0 Å². The number of rotatable bonds is 4. The van der Waals surface area contributed by atoms with Crippen LogP contribution in [0, 0.1) is 12.8 Å². The molecule has 0 radical (unpaired) electrons. The number of nitrogens with two attached hydrogens (primary N) is 1. The maximum absolute atomic E-state index is 11.9. The Morgan fingerprint density at radius 2 is 2.04 bits per heavy atom. The van der Waals surface area contributed by atoms with Gasteiger partial charge in [-0.1, -0.05) is 30.7 Å². The van der Waals surface area contributed by atoms with Crippen molar-refractivity contribution in [3.8, 4) is 11.5 Å². The van der Waals surface area contributed by atoms with Crippen molar-refractivity contribution in [1.82, 2.24) is 4.57 Å². The molecule has 5 nitrogen and oxygen atoms in total. The van der Waals surface area contributed by atoms with E-state index in [-0.39, 0.29) is 12.7 Å². The number of hydrogen-bond acceptors (Lipinski definition) is 3. The molecule has 140 valence electrons. The van der Waals surface area contributed by atoms with Gasteiger partial charge in [0, 0.05) is 23.0 Å². The lowest BCUT2D eigenvalue weighted by Gasteiger charge is -2.20. The van der Waals surface area contributed by atoms with E-state index in [9.17, 15) is 4.79 Å². The lowest BCUT2D eigenvalue weighted by atomic mass is 9.93. The summed E-state index contributed by atoms with van der Waals surface area (Å²) in [6.07, 6.45) is 4.78. The summed E-state index contributed by atoms with van der Waals surface area (Å²) in [5.74, 6) is 1.33. The van der Waals surface area contributed by atoms with Gasteiger partial charge in [-0.15, -0.1) is 0 Å². The van der Waals surface area contributed by atoms with E-state index in [1.807, 2.05) is 43.3 Å². The highest BCUT2D eigenvalue weighted by atomic mass is 35.5. The van der Waals surface area contributed by atoms with Crippen LogP contribution in [-0.2, 0) is 6.54 Å². The summed E-state index contributed by atoms with van der Waals surface area (Å²) >= 11 is 6.24. The number of halogens is 1. The fourth-order valence-corrected chi connectivity index (χ4v) is 3.76. The van der Waals surface area contributed by atoms with Crippen LogP contribution >= 0.6 is 11.6 Å². The molecule has 1 aromatic carbocycles. The highest BCUT2D eigenvalue weighted by Gasteiger charge is 2.22. The predicted molar refractivity (Wildman–Crippen MR) is 105 cm³/mol. The summed E-state index contributed by atoms with van der Waals surface area (Å²) in [5, 5.41) is 0.847. The highest BCUT2D eigenvalue weighted by Crippen LogP contribution is 2.36. The van der Waals surface area contributed by atoms with Crippen LogP contribution in [0.3, 0.4) is 0 Å². The van der Waals surface area contributed by atoms with Crippen molar-refractivity contribution in [1.29, 1.82) is 0 Å². The summed E-state index contributed by atoms with van der Waals surface area (Å²) in [6.45, 7) is 4.87. The molecule has 1 aromatic heterocycles. The Morgan fingerprint density at radius 3 is 2.78 bits per heavy atom. The molecule has 0 bridgehead atoms. The number of carbonyl (C=O) groups excluding carboxylic acids is 1. The van der Waals surface area contributed by atoms with Crippen molar-refractivity contribution in [2.45, 2.75) is 26.8 Å².